The van der Waals surface area contributed by atoms with Crippen LogP contribution in [0.1, 0.15) is 17.3 Å². The van der Waals surface area contributed by atoms with Crippen LogP contribution in [0.15, 0.2) is 17.0 Å². The molecule has 1 rings (SSSR count). The summed E-state index contributed by atoms with van der Waals surface area (Å²) in [5, 5.41) is 8.73. The molecule has 10 heteroatoms. The molecule has 0 aliphatic heterocycles. The highest BCUT2D eigenvalue weighted by atomic mass is 32.2. The molecule has 0 saturated heterocycles. The molecular weight excluding hydrogens is 328 g/mol. The van der Waals surface area contributed by atoms with Crippen LogP contribution >= 0.6 is 0 Å². The first kappa shape index (κ1) is 17.7. The molecule has 0 spiro atoms. The number of sulfonamides is 1. The van der Waals surface area contributed by atoms with Gasteiger partial charge in [-0.3, -0.25) is 4.21 Å². The van der Waals surface area contributed by atoms with Gasteiger partial charge < -0.3 is 5.11 Å². The number of hydrogen-bond donors (Lipinski definition) is 2. The highest BCUT2D eigenvalue weighted by molar-refractivity contribution is 7.89. The van der Waals surface area contributed by atoms with Crippen LogP contribution in [-0.4, -0.2) is 41.8 Å². The highest BCUT2D eigenvalue weighted by Gasteiger charge is 2.24. The molecule has 0 saturated carbocycles. The molecule has 2 N–H and O–H groups in total. The van der Waals surface area contributed by atoms with E-state index in [1.165, 1.54) is 0 Å². The first-order valence-electron chi connectivity index (χ1n) is 5.76. The van der Waals surface area contributed by atoms with E-state index in [1.807, 2.05) is 4.72 Å². The molecule has 1 atom stereocenters. The van der Waals surface area contributed by atoms with Gasteiger partial charge in [-0.25, -0.2) is 26.7 Å². The number of benzene rings is 1. The maximum absolute atomic E-state index is 13.5. The van der Waals surface area contributed by atoms with Crippen LogP contribution in [0.25, 0.3) is 0 Å². The van der Waals surface area contributed by atoms with E-state index in [4.69, 9.17) is 5.11 Å². The van der Waals surface area contributed by atoms with E-state index in [0.29, 0.717) is 17.9 Å². The maximum Gasteiger partial charge on any atom is 0.335 e. The molecular formula is C11H13F2NO5S2. The van der Waals surface area contributed by atoms with Gasteiger partial charge in [-0.1, -0.05) is 6.92 Å². The second-order valence-corrected chi connectivity index (χ2v) is 7.51. The Bertz CT molecular complexity index is 675. The number of nitrogens with one attached hydrogen (secondary N) is 1. The lowest BCUT2D eigenvalue weighted by Gasteiger charge is -2.09. The molecule has 0 radical (unpaired) electrons. The fraction of sp³-hybridized carbons (Fsp3) is 0.364. The summed E-state index contributed by atoms with van der Waals surface area (Å²) in [7, 11) is -5.66. The summed E-state index contributed by atoms with van der Waals surface area (Å²) >= 11 is 0. The standard InChI is InChI=1S/C11H13F2NO5S2/c1-2-20(17)4-3-14-21(18,19)9-6-7(11(15)16)5-8(12)10(9)13/h5-6,14H,2-4H2,1H3,(H,15,16). The highest BCUT2D eigenvalue weighted by Crippen LogP contribution is 2.19. The van der Waals surface area contributed by atoms with E-state index in [1.54, 1.807) is 6.92 Å². The van der Waals surface area contributed by atoms with Crippen molar-refractivity contribution in [3.05, 3.63) is 29.3 Å². The minimum atomic E-state index is -4.44. The molecule has 1 aromatic rings. The molecule has 1 aromatic carbocycles. The van der Waals surface area contributed by atoms with Crippen LogP contribution < -0.4 is 4.72 Å². The van der Waals surface area contributed by atoms with Crippen LogP contribution in [0.2, 0.25) is 0 Å². The Morgan fingerprint density at radius 2 is 2.00 bits per heavy atom. The molecule has 21 heavy (non-hydrogen) atoms. The third-order valence-electron chi connectivity index (χ3n) is 2.48. The summed E-state index contributed by atoms with van der Waals surface area (Å²) in [5.41, 5.74) is -0.689. The molecule has 6 nitrogen and oxygen atoms in total. The SMILES string of the molecule is CCS(=O)CCNS(=O)(=O)c1cc(C(=O)O)cc(F)c1F. The number of carbonyl (C=O) groups is 1. The lowest BCUT2D eigenvalue weighted by molar-refractivity contribution is 0.0696. The average Bonchev–Trinajstić information content (AvgIpc) is 2.40. The van der Waals surface area contributed by atoms with Gasteiger partial charge in [-0.05, 0) is 12.1 Å². The predicted octanol–water partition coefficient (Wildman–Crippen LogP) is 0.710. The lowest BCUT2D eigenvalue weighted by Crippen LogP contribution is -2.29. The van der Waals surface area contributed by atoms with Crippen molar-refractivity contribution in [3.8, 4) is 0 Å². The average molecular weight is 341 g/mol. The van der Waals surface area contributed by atoms with Crippen LogP contribution in [0, 0.1) is 11.6 Å². The fourth-order valence-corrected chi connectivity index (χ4v) is 3.28. The minimum absolute atomic E-state index is 0.0124. The van der Waals surface area contributed by atoms with Crippen molar-refractivity contribution in [3.63, 3.8) is 0 Å². The Labute approximate surface area is 122 Å². The second-order valence-electron chi connectivity index (χ2n) is 3.91. The molecule has 0 amide bonds. The van der Waals surface area contributed by atoms with E-state index in [9.17, 15) is 26.2 Å². The van der Waals surface area contributed by atoms with Crippen molar-refractivity contribution < 1.29 is 31.3 Å². The van der Waals surface area contributed by atoms with Crippen molar-refractivity contribution in [2.24, 2.45) is 0 Å². The summed E-state index contributed by atoms with van der Waals surface area (Å²) in [6.45, 7) is 1.41. The van der Waals surface area contributed by atoms with Crippen LogP contribution in [0.5, 0.6) is 0 Å². The van der Waals surface area contributed by atoms with Crippen LogP contribution in [0.4, 0.5) is 8.78 Å². The van der Waals surface area contributed by atoms with Gasteiger partial charge in [0.05, 0.1) is 5.56 Å². The summed E-state index contributed by atoms with van der Waals surface area (Å²) in [5.74, 6) is -4.48. The Balaban J connectivity index is 3.07. The number of hydrogen-bond acceptors (Lipinski definition) is 4. The monoisotopic (exact) mass is 341 g/mol. The Kier molecular flexibility index (Phi) is 5.93. The second kappa shape index (κ2) is 7.05. The van der Waals surface area contributed by atoms with Crippen molar-refractivity contribution >= 4 is 26.8 Å². The molecule has 1 unspecified atom stereocenters. The van der Waals surface area contributed by atoms with E-state index < -0.39 is 48.9 Å². The Morgan fingerprint density at radius 3 is 2.52 bits per heavy atom. The van der Waals surface area contributed by atoms with E-state index in [0.717, 1.165) is 0 Å². The van der Waals surface area contributed by atoms with Crippen LogP contribution in [-0.2, 0) is 20.8 Å². The van der Waals surface area contributed by atoms with Crippen LogP contribution in [0.3, 0.4) is 0 Å². The van der Waals surface area contributed by atoms with Gasteiger partial charge in [0.15, 0.2) is 11.6 Å². The maximum atomic E-state index is 13.5. The summed E-state index contributed by atoms with van der Waals surface area (Å²) < 4.78 is 63.6. The zero-order valence-electron chi connectivity index (χ0n) is 10.9. The van der Waals surface area contributed by atoms with Gasteiger partial charge in [0.2, 0.25) is 10.0 Å². The number of carboxylic acid groups (broad SMARTS) is 1. The zero-order valence-corrected chi connectivity index (χ0v) is 12.6. The zero-order chi connectivity index (χ0) is 16.2. The lowest BCUT2D eigenvalue weighted by atomic mass is 10.2. The number of aromatic carboxylic acids is 1. The Morgan fingerprint density at radius 1 is 1.38 bits per heavy atom. The number of carboxylic acids is 1. The first-order valence-corrected chi connectivity index (χ1v) is 8.73. The molecule has 118 valence electrons. The molecule has 0 heterocycles. The fourth-order valence-electron chi connectivity index (χ4n) is 1.39. The van der Waals surface area contributed by atoms with Crippen molar-refractivity contribution in [1.82, 2.24) is 4.72 Å². The summed E-state index contributed by atoms with van der Waals surface area (Å²) in [6.07, 6.45) is 0. The van der Waals surface area contributed by atoms with Gasteiger partial charge in [0.1, 0.15) is 4.90 Å². The number of halogens is 2. The smallest absolute Gasteiger partial charge is 0.335 e. The van der Waals surface area contributed by atoms with Gasteiger partial charge >= 0.3 is 5.97 Å². The largest absolute Gasteiger partial charge is 0.478 e. The topological polar surface area (TPSA) is 101 Å². The third kappa shape index (κ3) is 4.55. The normalized spacial score (nSPS) is 13.1. The quantitative estimate of drug-likeness (QED) is 0.761. The molecule has 0 aliphatic carbocycles. The summed E-state index contributed by atoms with van der Waals surface area (Å²) in [6, 6.07) is 0.919. The predicted molar refractivity (Wildman–Crippen MR) is 72.1 cm³/mol. The van der Waals surface area contributed by atoms with Crippen molar-refractivity contribution in [2.75, 3.05) is 18.1 Å². The van der Waals surface area contributed by atoms with E-state index in [2.05, 4.69) is 0 Å². The number of rotatable bonds is 7. The van der Waals surface area contributed by atoms with Crippen molar-refractivity contribution in [1.29, 1.82) is 0 Å². The van der Waals surface area contributed by atoms with Gasteiger partial charge in [0.25, 0.3) is 0 Å². The van der Waals surface area contributed by atoms with Crippen molar-refractivity contribution in [2.45, 2.75) is 11.8 Å². The molecule has 0 aromatic heterocycles. The Hall–Kier alpha value is -1.39. The van der Waals surface area contributed by atoms with Gasteiger partial charge in [-0.15, -0.1) is 0 Å². The van der Waals surface area contributed by atoms with Gasteiger partial charge in [-0.2, -0.15) is 0 Å². The van der Waals surface area contributed by atoms with E-state index >= 15 is 0 Å². The third-order valence-corrected chi connectivity index (χ3v) is 5.24. The first-order chi connectivity index (χ1) is 9.69. The molecule has 0 bridgehead atoms. The molecule has 0 fully saturated rings. The minimum Gasteiger partial charge on any atom is -0.478 e. The molecule has 0 aliphatic rings. The van der Waals surface area contributed by atoms with E-state index in [-0.39, 0.29) is 12.3 Å². The summed E-state index contributed by atoms with van der Waals surface area (Å²) in [4.78, 5) is 9.65. The van der Waals surface area contributed by atoms with Gasteiger partial charge in [0, 0.05) is 28.9 Å².